The van der Waals surface area contributed by atoms with Gasteiger partial charge in [-0.25, -0.2) is 12.7 Å². The highest BCUT2D eigenvalue weighted by Gasteiger charge is 2.42. The van der Waals surface area contributed by atoms with Crippen molar-refractivity contribution in [2.75, 3.05) is 6.54 Å². The van der Waals surface area contributed by atoms with E-state index in [-0.39, 0.29) is 22.1 Å². The Kier molecular flexibility index (Phi) is 5.82. The SMILES string of the molecule is O=C(CN1C(=C(O)c2ccccc2)C(=O)c2ccccc2S1(=O)=O)NC1CCCCC1. The number of aliphatic hydroxyl groups is 1. The van der Waals surface area contributed by atoms with Crippen LogP contribution in [0.3, 0.4) is 0 Å². The van der Waals surface area contributed by atoms with Crippen molar-refractivity contribution in [2.24, 2.45) is 0 Å². The summed E-state index contributed by atoms with van der Waals surface area (Å²) in [4.78, 5) is 25.8. The number of ketones is 1. The molecule has 1 saturated carbocycles. The minimum absolute atomic E-state index is 0.00752. The fourth-order valence-electron chi connectivity index (χ4n) is 4.13. The quantitative estimate of drug-likeness (QED) is 0.561. The van der Waals surface area contributed by atoms with Gasteiger partial charge in [-0.1, -0.05) is 61.7 Å². The van der Waals surface area contributed by atoms with Crippen molar-refractivity contribution in [3.05, 3.63) is 71.4 Å². The Morgan fingerprint density at radius 1 is 1.00 bits per heavy atom. The molecule has 0 radical (unpaired) electrons. The minimum Gasteiger partial charge on any atom is -0.505 e. The lowest BCUT2D eigenvalue weighted by molar-refractivity contribution is -0.121. The van der Waals surface area contributed by atoms with Crippen LogP contribution in [0.1, 0.15) is 48.0 Å². The number of benzene rings is 2. The fraction of sp³-hybridized carbons (Fsp3) is 0.304. The maximum Gasteiger partial charge on any atom is 0.265 e. The van der Waals surface area contributed by atoms with E-state index >= 15 is 0 Å². The normalized spacial score (nSPS) is 20.1. The standard InChI is InChI=1S/C23H24N2O5S/c26-20(24-17-11-5-2-6-12-17)15-25-21(22(27)16-9-3-1-4-10-16)23(28)18-13-7-8-14-19(18)31(25,29)30/h1,3-4,7-10,13-14,17,27H,2,5-6,11-12,15H2,(H,24,26). The van der Waals surface area contributed by atoms with Gasteiger partial charge in [-0.3, -0.25) is 9.59 Å². The molecular weight excluding hydrogens is 416 g/mol. The van der Waals surface area contributed by atoms with Gasteiger partial charge in [0.1, 0.15) is 12.2 Å². The topological polar surface area (TPSA) is 104 Å². The average Bonchev–Trinajstić information content (AvgIpc) is 2.79. The first-order chi connectivity index (χ1) is 14.9. The Morgan fingerprint density at radius 3 is 2.35 bits per heavy atom. The molecule has 0 unspecified atom stereocenters. The molecule has 8 heteroatoms. The van der Waals surface area contributed by atoms with E-state index in [1.807, 2.05) is 0 Å². The number of hydrogen-bond acceptors (Lipinski definition) is 5. The zero-order valence-corrected chi connectivity index (χ0v) is 17.8. The number of nitrogens with zero attached hydrogens (tertiary/aromatic N) is 1. The zero-order chi connectivity index (χ0) is 22.0. The fourth-order valence-corrected chi connectivity index (χ4v) is 5.76. The monoisotopic (exact) mass is 440 g/mol. The number of allylic oxidation sites excluding steroid dienone is 1. The van der Waals surface area contributed by atoms with Gasteiger partial charge in [-0.2, -0.15) is 0 Å². The molecule has 1 heterocycles. The molecule has 1 aliphatic heterocycles. The summed E-state index contributed by atoms with van der Waals surface area (Å²) in [5, 5.41) is 13.8. The Labute approximate surface area is 181 Å². The number of rotatable bonds is 4. The van der Waals surface area contributed by atoms with E-state index in [0.717, 1.165) is 36.4 Å². The van der Waals surface area contributed by atoms with E-state index in [1.54, 1.807) is 36.4 Å². The highest BCUT2D eigenvalue weighted by Crippen LogP contribution is 2.35. The van der Waals surface area contributed by atoms with Crippen molar-refractivity contribution < 1.29 is 23.1 Å². The molecule has 162 valence electrons. The summed E-state index contributed by atoms with van der Waals surface area (Å²) in [5.41, 5.74) is -0.147. The molecule has 1 amide bonds. The molecular formula is C23H24N2O5S. The Morgan fingerprint density at radius 2 is 1.65 bits per heavy atom. The molecule has 2 aliphatic rings. The third-order valence-electron chi connectivity index (χ3n) is 5.69. The Hall–Kier alpha value is -3.13. The maximum absolute atomic E-state index is 13.4. The van der Waals surface area contributed by atoms with Crippen LogP contribution in [-0.4, -0.2) is 42.1 Å². The van der Waals surface area contributed by atoms with Gasteiger partial charge in [0, 0.05) is 17.2 Å². The summed E-state index contributed by atoms with van der Waals surface area (Å²) < 4.78 is 27.5. The average molecular weight is 441 g/mol. The lowest BCUT2D eigenvalue weighted by Crippen LogP contribution is -2.47. The number of Topliss-reactive ketones (excluding diaryl/α,β-unsaturated/α-hetero) is 1. The highest BCUT2D eigenvalue weighted by atomic mass is 32.2. The van der Waals surface area contributed by atoms with Crippen LogP contribution in [-0.2, 0) is 14.8 Å². The summed E-state index contributed by atoms with van der Waals surface area (Å²) in [7, 11) is -4.22. The van der Waals surface area contributed by atoms with Gasteiger partial charge < -0.3 is 10.4 Å². The van der Waals surface area contributed by atoms with E-state index in [2.05, 4.69) is 5.32 Å². The van der Waals surface area contributed by atoms with Crippen molar-refractivity contribution in [3.8, 4) is 0 Å². The number of amides is 1. The van der Waals surface area contributed by atoms with Crippen molar-refractivity contribution in [2.45, 2.75) is 43.0 Å². The number of fused-ring (bicyclic) bond motifs is 1. The van der Waals surface area contributed by atoms with E-state index in [0.29, 0.717) is 0 Å². The molecule has 4 rings (SSSR count). The van der Waals surface area contributed by atoms with Gasteiger partial charge in [-0.05, 0) is 25.0 Å². The van der Waals surface area contributed by atoms with Crippen LogP contribution in [0.2, 0.25) is 0 Å². The third kappa shape index (κ3) is 4.07. The van der Waals surface area contributed by atoms with Crippen LogP contribution < -0.4 is 5.32 Å². The van der Waals surface area contributed by atoms with Crippen molar-refractivity contribution in [1.82, 2.24) is 9.62 Å². The number of hydrogen-bond donors (Lipinski definition) is 2. The van der Waals surface area contributed by atoms with Gasteiger partial charge in [0.15, 0.2) is 5.76 Å². The molecule has 0 atom stereocenters. The van der Waals surface area contributed by atoms with Gasteiger partial charge >= 0.3 is 0 Å². The number of aliphatic hydroxyl groups excluding tert-OH is 1. The predicted molar refractivity (Wildman–Crippen MR) is 116 cm³/mol. The van der Waals surface area contributed by atoms with Crippen molar-refractivity contribution >= 4 is 27.5 Å². The second-order valence-electron chi connectivity index (χ2n) is 7.80. The summed E-state index contributed by atoms with van der Waals surface area (Å²) in [6.45, 7) is -0.578. The van der Waals surface area contributed by atoms with Crippen LogP contribution in [0, 0.1) is 0 Å². The molecule has 0 saturated heterocycles. The van der Waals surface area contributed by atoms with Crippen LogP contribution >= 0.6 is 0 Å². The summed E-state index contributed by atoms with van der Waals surface area (Å²) in [6.07, 6.45) is 4.84. The van der Waals surface area contributed by atoms with E-state index < -0.39 is 39.7 Å². The Bertz CT molecular complexity index is 1140. The number of carbonyl (C=O) groups excluding carboxylic acids is 2. The largest absolute Gasteiger partial charge is 0.505 e. The molecule has 1 aliphatic carbocycles. The lowest BCUT2D eigenvalue weighted by atomic mass is 9.95. The number of sulfonamides is 1. The molecule has 31 heavy (non-hydrogen) atoms. The van der Waals surface area contributed by atoms with E-state index in [1.165, 1.54) is 18.2 Å². The van der Waals surface area contributed by atoms with Crippen molar-refractivity contribution in [3.63, 3.8) is 0 Å². The maximum atomic E-state index is 13.4. The smallest absolute Gasteiger partial charge is 0.265 e. The first-order valence-corrected chi connectivity index (χ1v) is 11.8. The molecule has 0 spiro atoms. The van der Waals surface area contributed by atoms with Gasteiger partial charge in [0.25, 0.3) is 10.0 Å². The molecule has 1 fully saturated rings. The highest BCUT2D eigenvalue weighted by molar-refractivity contribution is 7.89. The summed E-state index contributed by atoms with van der Waals surface area (Å²) >= 11 is 0. The first kappa shape index (κ1) is 21.1. The van der Waals surface area contributed by atoms with E-state index in [9.17, 15) is 23.1 Å². The third-order valence-corrected chi connectivity index (χ3v) is 7.50. The zero-order valence-electron chi connectivity index (χ0n) is 17.0. The molecule has 2 aromatic carbocycles. The summed E-state index contributed by atoms with van der Waals surface area (Å²) in [6, 6.07) is 14.1. The van der Waals surface area contributed by atoms with Crippen LogP contribution in [0.15, 0.2) is 65.2 Å². The van der Waals surface area contributed by atoms with Crippen LogP contribution in [0.25, 0.3) is 5.76 Å². The van der Waals surface area contributed by atoms with E-state index in [4.69, 9.17) is 0 Å². The van der Waals surface area contributed by atoms with Gasteiger partial charge in [-0.15, -0.1) is 0 Å². The molecule has 2 aromatic rings. The van der Waals surface area contributed by atoms with Gasteiger partial charge in [0.2, 0.25) is 11.7 Å². The molecule has 0 aromatic heterocycles. The van der Waals surface area contributed by atoms with Crippen molar-refractivity contribution in [1.29, 1.82) is 0 Å². The van der Waals surface area contributed by atoms with Gasteiger partial charge in [0.05, 0.1) is 4.90 Å². The van der Waals surface area contributed by atoms with Crippen LogP contribution in [0.4, 0.5) is 0 Å². The second-order valence-corrected chi connectivity index (χ2v) is 9.63. The predicted octanol–water partition coefficient (Wildman–Crippen LogP) is 3.25. The first-order valence-electron chi connectivity index (χ1n) is 10.3. The number of carbonyl (C=O) groups is 2. The summed E-state index contributed by atoms with van der Waals surface area (Å²) in [5.74, 6) is -1.62. The molecule has 0 bridgehead atoms. The molecule has 7 nitrogen and oxygen atoms in total. The lowest BCUT2D eigenvalue weighted by Gasteiger charge is -2.32. The second kappa shape index (κ2) is 8.55. The Balaban J connectivity index is 1.77. The number of nitrogens with one attached hydrogen (secondary N) is 1. The molecule has 2 N–H and O–H groups in total. The minimum atomic E-state index is -4.22. The van der Waals surface area contributed by atoms with Crippen LogP contribution in [0.5, 0.6) is 0 Å².